The lowest BCUT2D eigenvalue weighted by molar-refractivity contribution is 0.573. The number of H-pyrrole nitrogens is 1. The zero-order chi connectivity index (χ0) is 16.6. The van der Waals surface area contributed by atoms with E-state index in [9.17, 15) is 9.18 Å². The average molecular weight is 314 g/mol. The topological polar surface area (TPSA) is 76.7 Å². The van der Waals surface area contributed by atoms with E-state index in [0.717, 1.165) is 5.69 Å². The predicted molar refractivity (Wildman–Crippen MR) is 88.8 cm³/mol. The van der Waals surface area contributed by atoms with E-state index in [1.54, 1.807) is 18.3 Å². The highest BCUT2D eigenvalue weighted by Crippen LogP contribution is 2.23. The molecule has 0 aromatic carbocycles. The summed E-state index contributed by atoms with van der Waals surface area (Å²) in [4.78, 5) is 19.3. The van der Waals surface area contributed by atoms with Crippen LogP contribution < -0.4 is 11.3 Å². The largest absolute Gasteiger partial charge is 0.394 e. The van der Waals surface area contributed by atoms with Crippen molar-refractivity contribution in [1.29, 1.82) is 0 Å². The van der Waals surface area contributed by atoms with E-state index >= 15 is 0 Å². The lowest BCUT2D eigenvalue weighted by atomic mass is 10.0. The summed E-state index contributed by atoms with van der Waals surface area (Å²) in [7, 11) is 0. The van der Waals surface area contributed by atoms with Crippen molar-refractivity contribution in [3.8, 4) is 0 Å². The van der Waals surface area contributed by atoms with Crippen LogP contribution in [0.25, 0.3) is 11.0 Å². The monoisotopic (exact) mass is 314 g/mol. The maximum atomic E-state index is 14.1. The lowest BCUT2D eigenvalue weighted by Crippen LogP contribution is -2.22. The van der Waals surface area contributed by atoms with Crippen molar-refractivity contribution < 1.29 is 4.39 Å². The van der Waals surface area contributed by atoms with Crippen molar-refractivity contribution in [2.45, 2.75) is 26.8 Å². The summed E-state index contributed by atoms with van der Waals surface area (Å²) in [5.74, 6) is 0.0270. The fourth-order valence-corrected chi connectivity index (χ4v) is 2.71. The third-order valence-electron chi connectivity index (χ3n) is 3.76. The van der Waals surface area contributed by atoms with Gasteiger partial charge in [-0.05, 0) is 30.5 Å². The molecule has 0 atom stereocenters. The Labute approximate surface area is 133 Å². The SMILES string of the molecule is CC(C)Cc1c(F)cnc2cc(Cn3cccc(N)c3=O)[nH]c12. The molecule has 0 aliphatic carbocycles. The van der Waals surface area contributed by atoms with Crippen molar-refractivity contribution in [1.82, 2.24) is 14.5 Å². The van der Waals surface area contributed by atoms with Gasteiger partial charge in [0.15, 0.2) is 0 Å². The number of fused-ring (bicyclic) bond motifs is 1. The van der Waals surface area contributed by atoms with Gasteiger partial charge in [-0.25, -0.2) is 4.39 Å². The molecule has 0 bridgehead atoms. The number of nitrogens with zero attached hydrogens (tertiary/aromatic N) is 2. The Morgan fingerprint density at radius 2 is 2.22 bits per heavy atom. The first-order valence-electron chi connectivity index (χ1n) is 7.55. The van der Waals surface area contributed by atoms with Gasteiger partial charge in [0.1, 0.15) is 5.82 Å². The summed E-state index contributed by atoms with van der Waals surface area (Å²) in [6, 6.07) is 5.14. The van der Waals surface area contributed by atoms with Gasteiger partial charge in [-0.3, -0.25) is 9.78 Å². The number of rotatable bonds is 4. The number of hydrogen-bond donors (Lipinski definition) is 2. The first-order valence-corrected chi connectivity index (χ1v) is 7.55. The van der Waals surface area contributed by atoms with Gasteiger partial charge in [0, 0.05) is 17.5 Å². The molecule has 23 heavy (non-hydrogen) atoms. The first kappa shape index (κ1) is 15.3. The lowest BCUT2D eigenvalue weighted by Gasteiger charge is -2.07. The molecule has 0 aliphatic rings. The minimum atomic E-state index is -0.305. The van der Waals surface area contributed by atoms with E-state index in [-0.39, 0.29) is 17.1 Å². The van der Waals surface area contributed by atoms with Gasteiger partial charge in [0.2, 0.25) is 0 Å². The number of nitrogens with two attached hydrogens (primary N) is 1. The van der Waals surface area contributed by atoms with E-state index in [4.69, 9.17) is 5.73 Å². The third-order valence-corrected chi connectivity index (χ3v) is 3.76. The second kappa shape index (κ2) is 5.87. The minimum Gasteiger partial charge on any atom is -0.394 e. The number of hydrogen-bond acceptors (Lipinski definition) is 3. The molecule has 3 aromatic heterocycles. The molecule has 3 aromatic rings. The van der Waals surface area contributed by atoms with Gasteiger partial charge in [-0.1, -0.05) is 13.8 Å². The highest BCUT2D eigenvalue weighted by molar-refractivity contribution is 5.79. The van der Waals surface area contributed by atoms with E-state index in [0.29, 0.717) is 35.5 Å². The quantitative estimate of drug-likeness (QED) is 0.777. The van der Waals surface area contributed by atoms with Crippen molar-refractivity contribution in [2.24, 2.45) is 5.92 Å². The number of anilines is 1. The van der Waals surface area contributed by atoms with Crippen LogP contribution in [0, 0.1) is 11.7 Å². The zero-order valence-corrected chi connectivity index (χ0v) is 13.1. The van der Waals surface area contributed by atoms with E-state index in [2.05, 4.69) is 9.97 Å². The normalized spacial score (nSPS) is 11.5. The van der Waals surface area contributed by atoms with Gasteiger partial charge in [0.25, 0.3) is 5.56 Å². The third kappa shape index (κ3) is 2.97. The molecule has 0 fully saturated rings. The van der Waals surface area contributed by atoms with Gasteiger partial charge in [-0.2, -0.15) is 0 Å². The average Bonchev–Trinajstić information content (AvgIpc) is 2.90. The van der Waals surface area contributed by atoms with Crippen molar-refractivity contribution in [3.05, 3.63) is 58.0 Å². The van der Waals surface area contributed by atoms with Gasteiger partial charge >= 0.3 is 0 Å². The smallest absolute Gasteiger partial charge is 0.274 e. The molecule has 0 aliphatic heterocycles. The second-order valence-electron chi connectivity index (χ2n) is 6.13. The minimum absolute atomic E-state index is 0.202. The van der Waals surface area contributed by atoms with Gasteiger partial charge < -0.3 is 15.3 Å². The molecule has 0 amide bonds. The summed E-state index contributed by atoms with van der Waals surface area (Å²) < 4.78 is 15.6. The number of halogens is 1. The predicted octanol–water partition coefficient (Wildman–Crippen LogP) is 2.69. The maximum absolute atomic E-state index is 14.1. The summed E-state index contributed by atoms with van der Waals surface area (Å²) in [6.45, 7) is 4.42. The summed E-state index contributed by atoms with van der Waals surface area (Å²) >= 11 is 0. The van der Waals surface area contributed by atoms with Crippen LogP contribution in [0.4, 0.5) is 10.1 Å². The first-order chi connectivity index (χ1) is 11.0. The molecule has 120 valence electrons. The molecule has 3 rings (SSSR count). The number of aromatic amines is 1. The van der Waals surface area contributed by atoms with Crippen LogP contribution in [0.1, 0.15) is 25.1 Å². The van der Waals surface area contributed by atoms with Gasteiger partial charge in [-0.15, -0.1) is 0 Å². The zero-order valence-electron chi connectivity index (χ0n) is 13.1. The van der Waals surface area contributed by atoms with Crippen LogP contribution >= 0.6 is 0 Å². The van der Waals surface area contributed by atoms with Crippen LogP contribution in [0.3, 0.4) is 0 Å². The molecule has 6 heteroatoms. The van der Waals surface area contributed by atoms with Crippen molar-refractivity contribution in [2.75, 3.05) is 5.73 Å². The molecular weight excluding hydrogens is 295 g/mol. The molecule has 3 N–H and O–H groups in total. The molecule has 0 spiro atoms. The summed E-state index contributed by atoms with van der Waals surface area (Å²) in [5, 5.41) is 0. The number of nitrogen functional groups attached to an aromatic ring is 1. The van der Waals surface area contributed by atoms with E-state index < -0.39 is 0 Å². The number of pyridine rings is 2. The Kier molecular flexibility index (Phi) is 3.90. The Morgan fingerprint density at radius 3 is 2.96 bits per heavy atom. The molecule has 0 unspecified atom stereocenters. The standard InChI is InChI=1S/C17H19FN4O/c1-10(2)6-12-13(18)8-20-15-7-11(21-16(12)15)9-22-5-3-4-14(19)17(22)23/h3-5,7-8,10,21H,6,9,19H2,1-2H3. The Hall–Kier alpha value is -2.63. The van der Waals surface area contributed by atoms with Crippen LogP contribution in [0.15, 0.2) is 35.4 Å². The molecule has 5 nitrogen and oxygen atoms in total. The molecule has 0 saturated carbocycles. The number of aromatic nitrogens is 3. The summed E-state index contributed by atoms with van der Waals surface area (Å²) in [5.41, 5.74) is 8.43. The molecule has 3 heterocycles. The van der Waals surface area contributed by atoms with E-state index in [1.165, 1.54) is 10.8 Å². The van der Waals surface area contributed by atoms with E-state index in [1.807, 2.05) is 19.9 Å². The highest BCUT2D eigenvalue weighted by atomic mass is 19.1. The van der Waals surface area contributed by atoms with Crippen LogP contribution in [-0.2, 0) is 13.0 Å². The maximum Gasteiger partial charge on any atom is 0.274 e. The Balaban J connectivity index is 2.03. The fraction of sp³-hybridized carbons (Fsp3) is 0.294. The Bertz CT molecular complexity index is 911. The van der Waals surface area contributed by atoms with Crippen molar-refractivity contribution in [3.63, 3.8) is 0 Å². The summed E-state index contributed by atoms with van der Waals surface area (Å²) in [6.07, 6.45) is 3.56. The molecule has 0 saturated heterocycles. The number of nitrogens with one attached hydrogen (secondary N) is 1. The molecule has 0 radical (unpaired) electrons. The van der Waals surface area contributed by atoms with Crippen molar-refractivity contribution >= 4 is 16.7 Å². The van der Waals surface area contributed by atoms with Crippen LogP contribution in [0.2, 0.25) is 0 Å². The molecular formula is C17H19FN4O. The second-order valence-corrected chi connectivity index (χ2v) is 6.13. The van der Waals surface area contributed by atoms with Crippen LogP contribution in [-0.4, -0.2) is 14.5 Å². The fourth-order valence-electron chi connectivity index (χ4n) is 2.71. The highest BCUT2D eigenvalue weighted by Gasteiger charge is 2.13. The Morgan fingerprint density at radius 1 is 1.43 bits per heavy atom. The van der Waals surface area contributed by atoms with Crippen LogP contribution in [0.5, 0.6) is 0 Å². The van der Waals surface area contributed by atoms with Gasteiger partial charge in [0.05, 0.1) is 29.5 Å².